The first-order valence-corrected chi connectivity index (χ1v) is 10.6. The monoisotopic (exact) mass is 424 g/mol. The third kappa shape index (κ3) is 5.38. The quantitative estimate of drug-likeness (QED) is 0.525. The van der Waals surface area contributed by atoms with Gasteiger partial charge in [0.25, 0.3) is 5.91 Å². The Labute approximate surface area is 187 Å². The highest BCUT2D eigenvalue weighted by Gasteiger charge is 2.25. The Kier molecular flexibility index (Phi) is 6.88. The van der Waals surface area contributed by atoms with Gasteiger partial charge in [-0.15, -0.1) is 0 Å². The second-order valence-electron chi connectivity index (χ2n) is 7.48. The normalized spacial score (nSPS) is 13.2. The fraction of sp³-hybridized carbons (Fsp3) is 0.148. The summed E-state index contributed by atoms with van der Waals surface area (Å²) >= 11 is 0. The first-order valence-electron chi connectivity index (χ1n) is 10.6. The molecule has 0 fully saturated rings. The molecule has 0 atom stereocenters. The summed E-state index contributed by atoms with van der Waals surface area (Å²) in [6.07, 6.45) is 4.10. The van der Waals surface area contributed by atoms with E-state index in [1.807, 2.05) is 60.7 Å². The molecule has 160 valence electrons. The highest BCUT2D eigenvalue weighted by atomic mass is 16.5. The molecule has 4 rings (SSSR count). The van der Waals surface area contributed by atoms with Crippen molar-refractivity contribution in [3.63, 3.8) is 0 Å². The van der Waals surface area contributed by atoms with Crippen LogP contribution in [0.4, 0.5) is 0 Å². The Bertz CT molecular complexity index is 1120. The van der Waals surface area contributed by atoms with E-state index in [1.54, 1.807) is 30.5 Å². The maximum atomic E-state index is 13.4. The van der Waals surface area contributed by atoms with Gasteiger partial charge in [0, 0.05) is 18.2 Å². The predicted octanol–water partition coefficient (Wildman–Crippen LogP) is 5.18. The molecule has 1 aliphatic heterocycles. The number of allylic oxidation sites excluding steroid dienone is 1. The van der Waals surface area contributed by atoms with E-state index in [-0.39, 0.29) is 11.7 Å². The number of aliphatic imine (C=N–C) groups is 1. The molecule has 32 heavy (non-hydrogen) atoms. The number of nitrogens with zero attached hydrogens (tertiary/aromatic N) is 2. The number of hydrogen-bond acceptors (Lipinski definition) is 4. The standard InChI is InChI=1S/C27H24N2O3/c30-26-12-7-17-28-18-25(26)29(19-21-8-3-1-4-9-21)27(31)23-13-15-24(16-14-23)32-20-22-10-5-2-6-11-22/h1-6,8-11,13-18H,7,12,19-20H2. The Hall–Kier alpha value is -3.99. The van der Waals surface area contributed by atoms with Gasteiger partial charge in [0.05, 0.1) is 12.7 Å². The second kappa shape index (κ2) is 10.4. The zero-order valence-electron chi connectivity index (χ0n) is 17.7. The highest BCUT2D eigenvalue weighted by molar-refractivity contribution is 6.04. The third-order valence-corrected chi connectivity index (χ3v) is 5.16. The second-order valence-corrected chi connectivity index (χ2v) is 7.48. The number of amides is 1. The first-order chi connectivity index (χ1) is 15.7. The van der Waals surface area contributed by atoms with Crippen molar-refractivity contribution in [3.05, 3.63) is 114 Å². The SMILES string of the molecule is O=C1CCC=NC=C1N(Cc1ccccc1)C(=O)c1ccc(OCc2ccccc2)cc1. The summed E-state index contributed by atoms with van der Waals surface area (Å²) in [6, 6.07) is 26.5. The first kappa shape index (κ1) is 21.2. The average Bonchev–Trinajstić information content (AvgIpc) is 3.06. The Morgan fingerprint density at radius 1 is 0.875 bits per heavy atom. The van der Waals surface area contributed by atoms with Gasteiger partial charge in [-0.25, -0.2) is 0 Å². The zero-order chi connectivity index (χ0) is 22.2. The summed E-state index contributed by atoms with van der Waals surface area (Å²) in [5, 5.41) is 0. The Morgan fingerprint density at radius 2 is 1.53 bits per heavy atom. The van der Waals surface area contributed by atoms with Crippen molar-refractivity contribution in [2.45, 2.75) is 26.0 Å². The lowest BCUT2D eigenvalue weighted by Gasteiger charge is -2.24. The zero-order valence-corrected chi connectivity index (χ0v) is 17.7. The number of Topliss-reactive ketones (excluding diaryl/α,β-unsaturated/α-hetero) is 1. The van der Waals surface area contributed by atoms with Crippen LogP contribution in [0, 0.1) is 0 Å². The van der Waals surface area contributed by atoms with Crippen molar-refractivity contribution in [2.75, 3.05) is 0 Å². The third-order valence-electron chi connectivity index (χ3n) is 5.16. The molecule has 1 aliphatic rings. The molecule has 0 bridgehead atoms. The smallest absolute Gasteiger partial charge is 0.258 e. The van der Waals surface area contributed by atoms with Crippen molar-refractivity contribution in [3.8, 4) is 5.75 Å². The van der Waals surface area contributed by atoms with E-state index in [0.717, 1.165) is 11.1 Å². The lowest BCUT2D eigenvalue weighted by atomic mass is 10.1. The average molecular weight is 425 g/mol. The van der Waals surface area contributed by atoms with E-state index in [4.69, 9.17) is 4.74 Å². The van der Waals surface area contributed by atoms with Gasteiger partial charge in [0.2, 0.25) is 0 Å². The van der Waals surface area contributed by atoms with Gasteiger partial charge in [-0.2, -0.15) is 0 Å². The minimum atomic E-state index is -0.250. The van der Waals surface area contributed by atoms with Crippen LogP contribution in [0.5, 0.6) is 5.75 Å². The summed E-state index contributed by atoms with van der Waals surface area (Å²) in [7, 11) is 0. The van der Waals surface area contributed by atoms with Crippen LogP contribution in [0.25, 0.3) is 0 Å². The van der Waals surface area contributed by atoms with Crippen LogP contribution in [0.1, 0.15) is 34.3 Å². The molecule has 0 radical (unpaired) electrons. The van der Waals surface area contributed by atoms with Crippen LogP contribution in [0.15, 0.2) is 102 Å². The topological polar surface area (TPSA) is 59.0 Å². The summed E-state index contributed by atoms with van der Waals surface area (Å²) in [5.41, 5.74) is 2.80. The number of rotatable bonds is 7. The van der Waals surface area contributed by atoms with Gasteiger partial charge in [0.1, 0.15) is 18.1 Å². The summed E-state index contributed by atoms with van der Waals surface area (Å²) in [5.74, 6) is 0.337. The molecular weight excluding hydrogens is 400 g/mol. The molecule has 0 unspecified atom stereocenters. The van der Waals surface area contributed by atoms with Crippen molar-refractivity contribution in [2.24, 2.45) is 4.99 Å². The van der Waals surface area contributed by atoms with E-state index in [0.29, 0.717) is 43.0 Å². The highest BCUT2D eigenvalue weighted by Crippen LogP contribution is 2.21. The molecular formula is C27H24N2O3. The molecule has 0 spiro atoms. The van der Waals surface area contributed by atoms with Crippen molar-refractivity contribution < 1.29 is 14.3 Å². The molecule has 0 saturated carbocycles. The lowest BCUT2D eigenvalue weighted by molar-refractivity contribution is -0.116. The number of ether oxygens (including phenoxy) is 1. The van der Waals surface area contributed by atoms with E-state index >= 15 is 0 Å². The molecule has 1 heterocycles. The summed E-state index contributed by atoms with van der Waals surface area (Å²) in [6.45, 7) is 0.743. The lowest BCUT2D eigenvalue weighted by Crippen LogP contribution is -2.33. The van der Waals surface area contributed by atoms with Gasteiger partial charge in [-0.05, 0) is 41.8 Å². The molecule has 3 aromatic carbocycles. The molecule has 5 heteroatoms. The molecule has 0 N–H and O–H groups in total. The van der Waals surface area contributed by atoms with Crippen molar-refractivity contribution in [1.82, 2.24) is 4.90 Å². The van der Waals surface area contributed by atoms with Gasteiger partial charge in [-0.1, -0.05) is 60.7 Å². The fourth-order valence-corrected chi connectivity index (χ4v) is 3.44. The van der Waals surface area contributed by atoms with Crippen LogP contribution in [-0.4, -0.2) is 22.8 Å². The Morgan fingerprint density at radius 3 is 2.22 bits per heavy atom. The number of carbonyl (C=O) groups excluding carboxylic acids is 2. The summed E-state index contributed by atoms with van der Waals surface area (Å²) in [4.78, 5) is 31.8. The molecule has 0 saturated heterocycles. The molecule has 0 aromatic heterocycles. The van der Waals surface area contributed by atoms with Crippen LogP contribution in [0.3, 0.4) is 0 Å². The van der Waals surface area contributed by atoms with Crippen LogP contribution >= 0.6 is 0 Å². The molecule has 3 aromatic rings. The van der Waals surface area contributed by atoms with E-state index in [2.05, 4.69) is 4.99 Å². The largest absolute Gasteiger partial charge is 0.489 e. The number of ketones is 1. The van der Waals surface area contributed by atoms with Gasteiger partial charge in [-0.3, -0.25) is 19.5 Å². The number of carbonyl (C=O) groups is 2. The predicted molar refractivity (Wildman–Crippen MR) is 124 cm³/mol. The molecule has 0 aliphatic carbocycles. The minimum absolute atomic E-state index is 0.0883. The maximum Gasteiger partial charge on any atom is 0.258 e. The molecule has 5 nitrogen and oxygen atoms in total. The molecule has 1 amide bonds. The van der Waals surface area contributed by atoms with Gasteiger partial charge < -0.3 is 4.74 Å². The number of benzene rings is 3. The Balaban J connectivity index is 1.54. The number of hydrogen-bond donors (Lipinski definition) is 0. The minimum Gasteiger partial charge on any atom is -0.489 e. The summed E-state index contributed by atoms with van der Waals surface area (Å²) < 4.78 is 5.82. The van der Waals surface area contributed by atoms with Crippen LogP contribution < -0.4 is 4.74 Å². The van der Waals surface area contributed by atoms with Crippen LogP contribution in [0.2, 0.25) is 0 Å². The van der Waals surface area contributed by atoms with E-state index in [9.17, 15) is 9.59 Å². The van der Waals surface area contributed by atoms with E-state index in [1.165, 1.54) is 11.1 Å². The van der Waals surface area contributed by atoms with Gasteiger partial charge in [0.15, 0.2) is 5.78 Å². The van der Waals surface area contributed by atoms with Gasteiger partial charge >= 0.3 is 0 Å². The fourth-order valence-electron chi connectivity index (χ4n) is 3.44. The van der Waals surface area contributed by atoms with Crippen LogP contribution in [-0.2, 0) is 17.9 Å². The van der Waals surface area contributed by atoms with Crippen molar-refractivity contribution in [1.29, 1.82) is 0 Å². The van der Waals surface area contributed by atoms with E-state index < -0.39 is 0 Å². The van der Waals surface area contributed by atoms with Crippen molar-refractivity contribution >= 4 is 17.9 Å². The maximum absolute atomic E-state index is 13.4.